The molecule has 0 saturated heterocycles. The second-order valence-electron chi connectivity index (χ2n) is 28.3. The van der Waals surface area contributed by atoms with Crippen molar-refractivity contribution in [1.82, 2.24) is 0 Å². The second kappa shape index (κ2) is 17.4. The second-order valence-corrected chi connectivity index (χ2v) is 28.3. The van der Waals surface area contributed by atoms with E-state index in [4.69, 9.17) is 0 Å². The molecular weight excluding hydrogens is 1180 g/mol. The molecule has 10 nitrogen and oxygen atoms in total. The molecule has 0 unspecified atom stereocenters. The standard InChI is InChI=1S/C85H56O10/c86-61(87)36-11-41-1-16-46(17-2-41)81-66-51-26-28-53-55-30-32-57-59-34-35-60-58-33-31-56-54-29-27-52(51)67(81)69(54)83(48-20-5-43(6-21-48)13-38-63(90)91)71(56)73(58)85(50-24-9-45(10-25-50)15-40-65(94)95)75(60)74(59)84(49-22-7-44(8-23-49)14-39-64(92)93)72(57)70(55)82(68(53)66,77-76(81)78(83)80(85)79(77)84)47-18-3-42(4-19-47)12-37-62(88)89/h1-10,16-35,76H,11-15,36-40H2,(H,86,87)(H,88,89)(H,90,91)(H,92,93)(H,94,95)/t76-,81+,82-,83+,84-,85+. The van der Waals surface area contributed by atoms with E-state index >= 15 is 0 Å². The van der Waals surface area contributed by atoms with Crippen LogP contribution in [0.5, 0.6) is 0 Å². The molecule has 6 atom stereocenters. The molecule has 0 amide bonds. The Kier molecular flexibility index (Phi) is 9.82. The van der Waals surface area contributed by atoms with Gasteiger partial charge in [-0.15, -0.1) is 0 Å². The first-order chi connectivity index (χ1) is 46.2. The Morgan fingerprint density at radius 1 is 0.242 bits per heavy atom. The Hall–Kier alpha value is -11.0. The van der Waals surface area contributed by atoms with Gasteiger partial charge in [-0.2, -0.15) is 0 Å². The number of hydrogen-bond donors (Lipinski definition) is 5. The molecule has 10 aromatic rings. The summed E-state index contributed by atoms with van der Waals surface area (Å²) in [6.45, 7) is 0. The maximum absolute atomic E-state index is 12.3. The van der Waals surface area contributed by atoms with Crippen molar-refractivity contribution >= 4 is 29.8 Å². The predicted molar refractivity (Wildman–Crippen MR) is 356 cm³/mol. The molecule has 0 bridgehead atoms. The van der Waals surface area contributed by atoms with Gasteiger partial charge in [-0.05, 0) is 221 Å². The van der Waals surface area contributed by atoms with E-state index in [1.165, 1.54) is 111 Å². The molecule has 11 aliphatic rings. The van der Waals surface area contributed by atoms with Crippen LogP contribution in [0.3, 0.4) is 0 Å². The Morgan fingerprint density at radius 3 is 0.663 bits per heavy atom. The lowest BCUT2D eigenvalue weighted by Crippen LogP contribution is -2.57. The molecular formula is C85H56O10. The molecule has 10 heteroatoms. The molecule has 0 saturated carbocycles. The third kappa shape index (κ3) is 5.71. The van der Waals surface area contributed by atoms with E-state index in [-0.39, 0.29) is 32.1 Å². The number of rotatable bonds is 20. The number of allylic oxidation sites excluding steroid dienone is 4. The van der Waals surface area contributed by atoms with E-state index in [2.05, 4.69) is 182 Å². The van der Waals surface area contributed by atoms with Gasteiger partial charge in [-0.1, -0.05) is 182 Å². The number of carboxylic acids is 5. The number of aryl methyl sites for hydroxylation is 5. The highest BCUT2D eigenvalue weighted by atomic mass is 16.4. The lowest BCUT2D eigenvalue weighted by molar-refractivity contribution is -0.138. The molecule has 5 N–H and O–H groups in total. The first-order valence-electron chi connectivity index (χ1n) is 33.2. The first-order valence-corrected chi connectivity index (χ1v) is 33.2. The number of benzene rings is 10. The van der Waals surface area contributed by atoms with Crippen molar-refractivity contribution in [2.45, 2.75) is 91.3 Å². The summed E-state index contributed by atoms with van der Waals surface area (Å²) >= 11 is 0. The van der Waals surface area contributed by atoms with Crippen LogP contribution in [0.2, 0.25) is 0 Å². The summed E-state index contributed by atoms with van der Waals surface area (Å²) < 4.78 is 0. The molecule has 0 aliphatic heterocycles. The molecule has 10 aromatic carbocycles. The Labute approximate surface area is 544 Å². The number of carboxylic acid groups (broad SMARTS) is 5. The summed E-state index contributed by atoms with van der Waals surface area (Å²) in [6, 6.07) is 68.7. The maximum atomic E-state index is 12.3. The third-order valence-electron chi connectivity index (χ3n) is 24.7. The van der Waals surface area contributed by atoms with Gasteiger partial charge in [0.2, 0.25) is 0 Å². The molecule has 0 heterocycles. The van der Waals surface area contributed by atoms with Crippen LogP contribution in [-0.2, 0) is 83.2 Å². The SMILES string of the molecule is O=C(O)CCc1ccc([C@@]23C4=C5[C@H]6C7=C4[C@@]4(c8ccc(CCC(=O)O)cc8)c8c9ccc(c82)-c2ccc8c(c23)[C@]5(c2ccc(CCC(=O)O)cc2)c2c-8ccc3c2[C@]6(c2ccc(CCC(=O)O)cc2)c2c-3ccc3c2[C@]7(c2ccc(CCC(=O)O)cc2)c2c-3ccc-9c24)cc1. The molecule has 21 rings (SSSR count). The van der Waals surface area contributed by atoms with Crippen molar-refractivity contribution in [1.29, 1.82) is 0 Å². The monoisotopic (exact) mass is 1240 g/mol. The molecule has 0 spiro atoms. The van der Waals surface area contributed by atoms with Crippen LogP contribution < -0.4 is 0 Å². The fourth-order valence-corrected chi connectivity index (χ4v) is 22.0. The van der Waals surface area contributed by atoms with Crippen LogP contribution in [0, 0.1) is 5.92 Å². The summed E-state index contributed by atoms with van der Waals surface area (Å²) in [6.07, 6.45) is 1.76. The van der Waals surface area contributed by atoms with Crippen molar-refractivity contribution < 1.29 is 49.5 Å². The fraction of sp³-hybridized carbons (Fsp3) is 0.188. The van der Waals surface area contributed by atoms with Gasteiger partial charge in [0.05, 0.1) is 27.1 Å². The van der Waals surface area contributed by atoms with E-state index in [0.29, 0.717) is 32.1 Å². The number of fused-ring (bicyclic) bond motifs is 5. The predicted octanol–water partition coefficient (Wildman–Crippen LogP) is 14.9. The van der Waals surface area contributed by atoms with Gasteiger partial charge in [0.1, 0.15) is 0 Å². The van der Waals surface area contributed by atoms with Gasteiger partial charge in [-0.3, -0.25) is 24.0 Å². The van der Waals surface area contributed by atoms with Gasteiger partial charge in [0, 0.05) is 38.0 Å². The minimum atomic E-state index is -0.985. The van der Waals surface area contributed by atoms with Gasteiger partial charge in [-0.25, -0.2) is 0 Å². The minimum absolute atomic E-state index is 0.0114. The van der Waals surface area contributed by atoms with E-state index in [1.54, 1.807) is 0 Å². The Bertz CT molecular complexity index is 5200. The highest BCUT2D eigenvalue weighted by Gasteiger charge is 2.82. The van der Waals surface area contributed by atoms with E-state index < -0.39 is 62.8 Å². The number of hydrogen-bond acceptors (Lipinski definition) is 5. The summed E-state index contributed by atoms with van der Waals surface area (Å²) in [5.41, 5.74) is 34.7. The van der Waals surface area contributed by atoms with E-state index in [1.807, 2.05) is 0 Å². The highest BCUT2D eigenvalue weighted by molar-refractivity contribution is 6.14. The zero-order valence-corrected chi connectivity index (χ0v) is 51.2. The van der Waals surface area contributed by atoms with Crippen LogP contribution in [0.1, 0.15) is 143 Å². The third-order valence-corrected chi connectivity index (χ3v) is 24.7. The normalized spacial score (nSPS) is 23.4. The molecule has 95 heavy (non-hydrogen) atoms. The average molecular weight is 1240 g/mol. The van der Waals surface area contributed by atoms with Gasteiger partial charge < -0.3 is 25.5 Å². The summed E-state index contributed by atoms with van der Waals surface area (Å²) in [5, 5.41) is 50.5. The van der Waals surface area contributed by atoms with Crippen LogP contribution in [0.15, 0.2) is 204 Å². The summed E-state index contributed by atoms with van der Waals surface area (Å²) in [4.78, 5) is 61.6. The van der Waals surface area contributed by atoms with Crippen molar-refractivity contribution in [3.05, 3.63) is 316 Å². The van der Waals surface area contributed by atoms with Crippen molar-refractivity contribution in [2.75, 3.05) is 0 Å². The lowest BCUT2D eigenvalue weighted by Gasteiger charge is -2.60. The van der Waals surface area contributed by atoms with Crippen molar-refractivity contribution in [3.63, 3.8) is 0 Å². The van der Waals surface area contributed by atoms with Crippen LogP contribution in [0.25, 0.3) is 55.6 Å². The first kappa shape index (κ1) is 53.5. The summed E-state index contributed by atoms with van der Waals surface area (Å²) in [7, 11) is 0. The molecule has 0 radical (unpaired) electrons. The maximum Gasteiger partial charge on any atom is 0.303 e. The Morgan fingerprint density at radius 2 is 0.432 bits per heavy atom. The van der Waals surface area contributed by atoms with Crippen molar-refractivity contribution in [3.8, 4) is 55.6 Å². The van der Waals surface area contributed by atoms with Crippen molar-refractivity contribution in [2.24, 2.45) is 5.92 Å². The molecule has 456 valence electrons. The van der Waals surface area contributed by atoms with E-state index in [0.717, 1.165) is 77.9 Å². The smallest absolute Gasteiger partial charge is 0.303 e. The number of aliphatic carboxylic acids is 5. The Balaban J connectivity index is 1.02. The largest absolute Gasteiger partial charge is 0.481 e. The highest BCUT2D eigenvalue weighted by Crippen LogP contribution is 2.90. The summed E-state index contributed by atoms with van der Waals surface area (Å²) in [5.74, 6) is -4.71. The molecule has 11 aliphatic carbocycles. The van der Waals surface area contributed by atoms with Crippen LogP contribution >= 0.6 is 0 Å². The van der Waals surface area contributed by atoms with Crippen LogP contribution in [0.4, 0.5) is 0 Å². The fourth-order valence-electron chi connectivity index (χ4n) is 22.0. The molecule has 0 aromatic heterocycles. The van der Waals surface area contributed by atoms with Gasteiger partial charge >= 0.3 is 29.8 Å². The lowest BCUT2D eigenvalue weighted by atomic mass is 9.40. The average Bonchev–Trinajstić information content (AvgIpc) is 1.40. The topological polar surface area (TPSA) is 186 Å². The quantitative estimate of drug-likeness (QED) is 0.0492. The van der Waals surface area contributed by atoms with Gasteiger partial charge in [0.15, 0.2) is 0 Å². The molecule has 0 fully saturated rings. The zero-order chi connectivity index (χ0) is 63.9. The van der Waals surface area contributed by atoms with Crippen LogP contribution in [-0.4, -0.2) is 55.4 Å². The zero-order valence-electron chi connectivity index (χ0n) is 51.2. The van der Waals surface area contributed by atoms with E-state index in [9.17, 15) is 49.5 Å². The van der Waals surface area contributed by atoms with Gasteiger partial charge in [0.25, 0.3) is 0 Å². The minimum Gasteiger partial charge on any atom is -0.481 e. The number of carbonyl (C=O) groups is 5.